The molecule has 15 heavy (non-hydrogen) atoms. The Morgan fingerprint density at radius 2 is 2.07 bits per heavy atom. The highest BCUT2D eigenvalue weighted by Crippen LogP contribution is 2.11. The van der Waals surface area contributed by atoms with E-state index in [2.05, 4.69) is 10.5 Å². The van der Waals surface area contributed by atoms with Crippen LogP contribution in [0.1, 0.15) is 0 Å². The second-order valence-electron chi connectivity index (χ2n) is 2.76. The quantitative estimate of drug-likeness (QED) is 0.321. The van der Waals surface area contributed by atoms with Gasteiger partial charge in [-0.15, -0.1) is 0 Å². The molecule has 82 valence electrons. The normalized spacial score (nSPS) is 13.3. The van der Waals surface area contributed by atoms with Gasteiger partial charge in [-0.05, 0) is 12.1 Å². The minimum atomic E-state index is -0.681. The number of hydrogen-bond donors (Lipinski definition) is 2. The summed E-state index contributed by atoms with van der Waals surface area (Å²) in [6.45, 7) is 0. The number of nitrogens with one attached hydrogen (secondary N) is 1. The summed E-state index contributed by atoms with van der Waals surface area (Å²) in [4.78, 5) is 0. The molecule has 5 nitrogen and oxygen atoms in total. The lowest BCUT2D eigenvalue weighted by molar-refractivity contribution is -0.00143. The number of benzene rings is 1. The lowest BCUT2D eigenvalue weighted by atomic mass is 10.3. The van der Waals surface area contributed by atoms with Gasteiger partial charge < -0.3 is 20.6 Å². The van der Waals surface area contributed by atoms with E-state index in [1.165, 1.54) is 7.11 Å². The average Bonchev–Trinajstić information content (AvgIpc) is 2.27. The average molecular weight is 209 g/mol. The fraction of sp³-hybridized carbons (Fsp3) is 0.300. The van der Waals surface area contributed by atoms with Crippen molar-refractivity contribution in [2.24, 2.45) is 10.8 Å². The Hall–Kier alpha value is -1.75. The van der Waals surface area contributed by atoms with Crippen molar-refractivity contribution < 1.29 is 9.47 Å². The molecule has 0 saturated heterocycles. The van der Waals surface area contributed by atoms with Gasteiger partial charge in [0.25, 0.3) is 6.29 Å². The van der Waals surface area contributed by atoms with Crippen LogP contribution in [-0.4, -0.2) is 26.3 Å². The summed E-state index contributed by atoms with van der Waals surface area (Å²) >= 11 is 0. The first-order valence-electron chi connectivity index (χ1n) is 4.52. The van der Waals surface area contributed by atoms with Crippen molar-refractivity contribution in [3.63, 3.8) is 0 Å². The van der Waals surface area contributed by atoms with E-state index in [9.17, 15) is 0 Å². The van der Waals surface area contributed by atoms with Crippen LogP contribution in [0.5, 0.6) is 5.75 Å². The second-order valence-corrected chi connectivity index (χ2v) is 2.76. The van der Waals surface area contributed by atoms with Crippen molar-refractivity contribution in [3.05, 3.63) is 30.3 Å². The van der Waals surface area contributed by atoms with Crippen molar-refractivity contribution in [1.82, 2.24) is 5.43 Å². The first kappa shape index (κ1) is 11.3. The Balaban J connectivity index is 2.66. The summed E-state index contributed by atoms with van der Waals surface area (Å²) in [6.07, 6.45) is -0.681. The first-order chi connectivity index (χ1) is 7.27. The number of nitrogens with two attached hydrogens (primary N) is 1. The fourth-order valence-electron chi connectivity index (χ4n) is 1.03. The molecule has 3 N–H and O–H groups in total. The van der Waals surface area contributed by atoms with Crippen LogP contribution in [0.25, 0.3) is 0 Å². The maximum Gasteiger partial charge on any atom is 0.260 e. The van der Waals surface area contributed by atoms with Crippen LogP contribution in [0.15, 0.2) is 35.4 Å². The molecule has 1 aromatic rings. The van der Waals surface area contributed by atoms with Crippen LogP contribution in [0.2, 0.25) is 0 Å². The molecule has 0 aliphatic heterocycles. The highest BCUT2D eigenvalue weighted by Gasteiger charge is 2.13. The summed E-state index contributed by atoms with van der Waals surface area (Å²) in [7, 11) is 3.16. The van der Waals surface area contributed by atoms with E-state index in [1.54, 1.807) is 7.05 Å². The molecule has 1 aromatic carbocycles. The van der Waals surface area contributed by atoms with Crippen molar-refractivity contribution in [1.29, 1.82) is 0 Å². The molecule has 0 spiro atoms. The monoisotopic (exact) mass is 209 g/mol. The van der Waals surface area contributed by atoms with E-state index >= 15 is 0 Å². The molecule has 5 heteroatoms. The third-order valence-corrected chi connectivity index (χ3v) is 1.68. The summed E-state index contributed by atoms with van der Waals surface area (Å²) in [6, 6.07) is 9.28. The highest BCUT2D eigenvalue weighted by molar-refractivity contribution is 5.83. The van der Waals surface area contributed by atoms with Gasteiger partial charge in [0.2, 0.25) is 0 Å². The van der Waals surface area contributed by atoms with Crippen LogP contribution in [0, 0.1) is 0 Å². The number of hydrazone groups is 1. The smallest absolute Gasteiger partial charge is 0.260 e. The maximum atomic E-state index is 5.62. The summed E-state index contributed by atoms with van der Waals surface area (Å²) in [5.74, 6) is 0.919. The molecular weight excluding hydrogens is 194 g/mol. The van der Waals surface area contributed by atoms with Crippen LogP contribution < -0.4 is 15.9 Å². The van der Waals surface area contributed by atoms with Crippen LogP contribution in [-0.2, 0) is 4.74 Å². The van der Waals surface area contributed by atoms with Crippen molar-refractivity contribution in [2.75, 3.05) is 14.2 Å². The minimum Gasteiger partial charge on any atom is -0.457 e. The molecule has 1 unspecified atom stereocenters. The van der Waals surface area contributed by atoms with Crippen molar-refractivity contribution in [3.8, 4) is 5.75 Å². The number of hydrogen-bond acceptors (Lipinski definition) is 4. The van der Waals surface area contributed by atoms with Gasteiger partial charge in [0.15, 0.2) is 5.84 Å². The first-order valence-corrected chi connectivity index (χ1v) is 4.52. The Morgan fingerprint density at radius 1 is 1.40 bits per heavy atom. The van der Waals surface area contributed by atoms with E-state index in [0.717, 1.165) is 0 Å². The fourth-order valence-corrected chi connectivity index (χ4v) is 1.03. The van der Waals surface area contributed by atoms with E-state index < -0.39 is 6.29 Å². The summed E-state index contributed by atoms with van der Waals surface area (Å²) in [5, 5.41) is 3.79. The predicted octanol–water partition coefficient (Wildman–Crippen LogP) is 0.530. The van der Waals surface area contributed by atoms with E-state index in [0.29, 0.717) is 5.75 Å². The molecule has 1 rings (SSSR count). The molecule has 0 heterocycles. The van der Waals surface area contributed by atoms with Crippen LogP contribution >= 0.6 is 0 Å². The lowest BCUT2D eigenvalue weighted by Gasteiger charge is -2.16. The van der Waals surface area contributed by atoms with Gasteiger partial charge in [0.05, 0.1) is 0 Å². The molecule has 0 fully saturated rings. The molecular formula is C10H15N3O2. The van der Waals surface area contributed by atoms with Crippen molar-refractivity contribution in [2.45, 2.75) is 6.29 Å². The van der Waals surface area contributed by atoms with Crippen LogP contribution in [0.4, 0.5) is 0 Å². The molecule has 1 atom stereocenters. The van der Waals surface area contributed by atoms with Crippen molar-refractivity contribution >= 4 is 5.84 Å². The topological polar surface area (TPSA) is 68.9 Å². The minimum absolute atomic E-state index is 0.240. The van der Waals surface area contributed by atoms with Crippen LogP contribution in [0.3, 0.4) is 0 Å². The number of para-hydroxylation sites is 1. The number of rotatable bonds is 5. The maximum absolute atomic E-state index is 5.62. The zero-order valence-electron chi connectivity index (χ0n) is 8.81. The number of amidine groups is 1. The largest absolute Gasteiger partial charge is 0.457 e. The number of ether oxygens (including phenoxy) is 2. The number of methoxy groups -OCH3 is 1. The van der Waals surface area contributed by atoms with Gasteiger partial charge in [0.1, 0.15) is 5.75 Å². The molecule has 0 aromatic heterocycles. The molecule has 0 aliphatic carbocycles. The SMILES string of the molecule is CN/N=C(/N)C(OC)Oc1ccccc1. The lowest BCUT2D eigenvalue weighted by Crippen LogP contribution is -2.36. The Bertz CT molecular complexity index is 314. The molecule has 0 saturated carbocycles. The Labute approximate surface area is 88.9 Å². The molecule has 0 radical (unpaired) electrons. The van der Waals surface area contributed by atoms with Gasteiger partial charge in [-0.1, -0.05) is 18.2 Å². The molecule has 0 aliphatic rings. The summed E-state index contributed by atoms with van der Waals surface area (Å²) < 4.78 is 10.5. The molecule has 0 bridgehead atoms. The van der Waals surface area contributed by atoms with E-state index in [4.69, 9.17) is 15.2 Å². The van der Waals surface area contributed by atoms with Gasteiger partial charge in [-0.2, -0.15) is 5.10 Å². The second kappa shape index (κ2) is 5.87. The standard InChI is InChI=1S/C10H15N3O2/c1-12-13-9(11)10(14-2)15-8-6-4-3-5-7-8/h3-7,10,12H,1-2H3,(H2,11,13). The Morgan fingerprint density at radius 3 is 2.60 bits per heavy atom. The zero-order valence-corrected chi connectivity index (χ0v) is 8.81. The van der Waals surface area contributed by atoms with Gasteiger partial charge in [0, 0.05) is 14.2 Å². The van der Waals surface area contributed by atoms with Gasteiger partial charge in [-0.25, -0.2) is 0 Å². The Kier molecular flexibility index (Phi) is 4.43. The highest BCUT2D eigenvalue weighted by atomic mass is 16.7. The third-order valence-electron chi connectivity index (χ3n) is 1.68. The van der Waals surface area contributed by atoms with Gasteiger partial charge >= 0.3 is 0 Å². The van der Waals surface area contributed by atoms with E-state index in [1.807, 2.05) is 30.3 Å². The van der Waals surface area contributed by atoms with Gasteiger partial charge in [-0.3, -0.25) is 0 Å². The number of nitrogens with zero attached hydrogens (tertiary/aromatic N) is 1. The zero-order chi connectivity index (χ0) is 11.1. The third kappa shape index (κ3) is 3.47. The summed E-state index contributed by atoms with van der Waals surface area (Å²) in [5.41, 5.74) is 8.20. The predicted molar refractivity (Wildman–Crippen MR) is 58.5 cm³/mol. The molecule has 0 amide bonds. The van der Waals surface area contributed by atoms with E-state index in [-0.39, 0.29) is 5.84 Å².